The van der Waals surface area contributed by atoms with Crippen molar-refractivity contribution in [2.75, 3.05) is 5.73 Å². The molecule has 7 heteroatoms. The zero-order valence-electron chi connectivity index (χ0n) is 11.5. The Labute approximate surface area is 125 Å². The Kier molecular flexibility index (Phi) is 3.42. The van der Waals surface area contributed by atoms with Crippen LogP contribution in [0.4, 0.5) is 5.82 Å². The highest BCUT2D eigenvalue weighted by Gasteiger charge is 2.19. The average molecular weight is 302 g/mol. The van der Waals surface area contributed by atoms with Gasteiger partial charge in [-0.05, 0) is 25.3 Å². The molecule has 0 saturated carbocycles. The van der Waals surface area contributed by atoms with Crippen molar-refractivity contribution in [2.45, 2.75) is 26.2 Å². The number of hydrogen-bond donors (Lipinski definition) is 1. The third-order valence-electron chi connectivity index (χ3n) is 3.67. The van der Waals surface area contributed by atoms with Crippen LogP contribution in [0.15, 0.2) is 29.7 Å². The first kappa shape index (κ1) is 13.7. The molecule has 2 aromatic heterocycles. The summed E-state index contributed by atoms with van der Waals surface area (Å²) in [5.41, 5.74) is 8.55. The Bertz CT molecular complexity index is 792. The van der Waals surface area contributed by atoms with E-state index in [9.17, 15) is 10.1 Å². The number of rotatable bonds is 3. The van der Waals surface area contributed by atoms with Crippen LogP contribution in [-0.4, -0.2) is 14.9 Å². The van der Waals surface area contributed by atoms with Gasteiger partial charge in [0.05, 0.1) is 10.3 Å². The van der Waals surface area contributed by atoms with Crippen molar-refractivity contribution in [3.63, 3.8) is 0 Å². The molecule has 2 heterocycles. The molecule has 2 N–H and O–H groups in total. The molecule has 0 atom stereocenters. The van der Waals surface area contributed by atoms with Gasteiger partial charge in [0, 0.05) is 17.4 Å². The smallest absolute Gasteiger partial charge is 0.246 e. The third-order valence-corrected chi connectivity index (χ3v) is 4.73. The molecule has 0 saturated heterocycles. The predicted octanol–water partition coefficient (Wildman–Crippen LogP) is 3.01. The molecule has 2 aromatic rings. The molecule has 0 unspecified atom stereocenters. The van der Waals surface area contributed by atoms with Gasteiger partial charge in [0.2, 0.25) is 5.70 Å². The van der Waals surface area contributed by atoms with Crippen molar-refractivity contribution in [1.29, 1.82) is 0 Å². The molecule has 0 amide bonds. The summed E-state index contributed by atoms with van der Waals surface area (Å²) in [6.45, 7) is 2.04. The van der Waals surface area contributed by atoms with E-state index in [0.29, 0.717) is 18.7 Å². The second-order valence-electron chi connectivity index (χ2n) is 4.99. The Balaban J connectivity index is 1.96. The van der Waals surface area contributed by atoms with Crippen LogP contribution < -0.4 is 5.73 Å². The molecule has 1 aliphatic rings. The number of allylic oxidation sites excluding steroid dienone is 4. The number of nitrogens with two attached hydrogens (primary N) is 1. The van der Waals surface area contributed by atoms with Gasteiger partial charge in [-0.1, -0.05) is 11.6 Å². The Hall–Kier alpha value is -2.28. The number of anilines is 1. The van der Waals surface area contributed by atoms with E-state index in [2.05, 4.69) is 9.97 Å². The van der Waals surface area contributed by atoms with Gasteiger partial charge >= 0.3 is 0 Å². The molecular formula is C14H14N4O2S. The standard InChI is InChI=1S/C14H14N4O2S/c1-8-11(12-13(15)16-7-17-14(12)21-8)6-9-2-4-10(5-3-9)18(19)20/h2,4,7H,3,5-6H2,1H3,(H2,15,16,17). The van der Waals surface area contributed by atoms with E-state index in [4.69, 9.17) is 5.73 Å². The van der Waals surface area contributed by atoms with E-state index in [0.717, 1.165) is 22.2 Å². The lowest BCUT2D eigenvalue weighted by Gasteiger charge is -2.10. The topological polar surface area (TPSA) is 94.9 Å². The van der Waals surface area contributed by atoms with Crippen LogP contribution in [0.5, 0.6) is 0 Å². The SMILES string of the molecule is Cc1sc2ncnc(N)c2c1CC1=CC=C([N+](=O)[O-])CC1. The third kappa shape index (κ3) is 2.52. The molecule has 108 valence electrons. The van der Waals surface area contributed by atoms with Crippen molar-refractivity contribution in [3.8, 4) is 0 Å². The summed E-state index contributed by atoms with van der Waals surface area (Å²) >= 11 is 1.60. The molecule has 6 nitrogen and oxygen atoms in total. The van der Waals surface area contributed by atoms with E-state index >= 15 is 0 Å². The van der Waals surface area contributed by atoms with Crippen molar-refractivity contribution in [1.82, 2.24) is 9.97 Å². The summed E-state index contributed by atoms with van der Waals surface area (Å²) in [7, 11) is 0. The second-order valence-corrected chi connectivity index (χ2v) is 6.20. The van der Waals surface area contributed by atoms with E-state index in [1.54, 1.807) is 17.4 Å². The molecule has 3 rings (SSSR count). The zero-order valence-corrected chi connectivity index (χ0v) is 12.3. The zero-order chi connectivity index (χ0) is 15.0. The van der Waals surface area contributed by atoms with Gasteiger partial charge in [0.15, 0.2) is 0 Å². The fourth-order valence-electron chi connectivity index (χ4n) is 2.53. The molecule has 0 spiro atoms. The lowest BCUT2D eigenvalue weighted by atomic mass is 9.95. The lowest BCUT2D eigenvalue weighted by molar-refractivity contribution is -0.428. The summed E-state index contributed by atoms with van der Waals surface area (Å²) in [5, 5.41) is 11.6. The van der Waals surface area contributed by atoms with Crippen LogP contribution in [0.25, 0.3) is 10.2 Å². The largest absolute Gasteiger partial charge is 0.383 e. The monoisotopic (exact) mass is 302 g/mol. The van der Waals surface area contributed by atoms with Crippen molar-refractivity contribution in [2.24, 2.45) is 0 Å². The van der Waals surface area contributed by atoms with Crippen LogP contribution in [-0.2, 0) is 6.42 Å². The van der Waals surface area contributed by atoms with Gasteiger partial charge in [-0.15, -0.1) is 11.3 Å². The summed E-state index contributed by atoms with van der Waals surface area (Å²) < 4.78 is 0. The van der Waals surface area contributed by atoms with Crippen LogP contribution in [0.1, 0.15) is 23.3 Å². The maximum Gasteiger partial charge on any atom is 0.246 e. The highest BCUT2D eigenvalue weighted by Crippen LogP contribution is 2.35. The van der Waals surface area contributed by atoms with Gasteiger partial charge in [-0.3, -0.25) is 10.1 Å². The fourth-order valence-corrected chi connectivity index (χ4v) is 3.55. The van der Waals surface area contributed by atoms with Crippen LogP contribution in [0, 0.1) is 17.0 Å². The highest BCUT2D eigenvalue weighted by molar-refractivity contribution is 7.18. The maximum absolute atomic E-state index is 10.7. The normalized spacial score (nSPS) is 14.9. The maximum atomic E-state index is 10.7. The van der Waals surface area contributed by atoms with E-state index in [1.807, 2.05) is 13.0 Å². The molecule has 21 heavy (non-hydrogen) atoms. The summed E-state index contributed by atoms with van der Waals surface area (Å²) in [5.74, 6) is 0.497. The molecule has 0 aliphatic heterocycles. The van der Waals surface area contributed by atoms with Gasteiger partial charge in [-0.2, -0.15) is 0 Å². The van der Waals surface area contributed by atoms with E-state index in [1.165, 1.54) is 16.8 Å². The number of fused-ring (bicyclic) bond motifs is 1. The second kappa shape index (κ2) is 5.25. The Morgan fingerprint density at radius 1 is 1.38 bits per heavy atom. The minimum absolute atomic E-state index is 0.272. The summed E-state index contributed by atoms with van der Waals surface area (Å²) in [6, 6.07) is 0. The average Bonchev–Trinajstić information content (AvgIpc) is 2.77. The minimum atomic E-state index is -0.315. The summed E-state index contributed by atoms with van der Waals surface area (Å²) in [6.07, 6.45) is 6.85. The summed E-state index contributed by atoms with van der Waals surface area (Å²) in [4.78, 5) is 20.8. The number of nitro groups is 1. The number of nitrogen functional groups attached to an aromatic ring is 1. The number of aryl methyl sites for hydroxylation is 1. The number of nitrogens with zero attached hydrogens (tertiary/aromatic N) is 3. The van der Waals surface area contributed by atoms with Crippen molar-refractivity contribution in [3.05, 3.63) is 50.3 Å². The van der Waals surface area contributed by atoms with Crippen LogP contribution in [0.3, 0.4) is 0 Å². The van der Waals surface area contributed by atoms with Gasteiger partial charge in [-0.25, -0.2) is 9.97 Å². The molecule has 0 aromatic carbocycles. The molecule has 0 radical (unpaired) electrons. The van der Waals surface area contributed by atoms with E-state index < -0.39 is 0 Å². The number of hydrogen-bond acceptors (Lipinski definition) is 6. The number of thiophene rings is 1. The molecular weight excluding hydrogens is 288 g/mol. The fraction of sp³-hybridized carbons (Fsp3) is 0.286. The first-order valence-corrected chi connectivity index (χ1v) is 7.39. The lowest BCUT2D eigenvalue weighted by Crippen LogP contribution is -2.04. The predicted molar refractivity (Wildman–Crippen MR) is 82.7 cm³/mol. The molecule has 1 aliphatic carbocycles. The Morgan fingerprint density at radius 3 is 2.86 bits per heavy atom. The minimum Gasteiger partial charge on any atom is -0.383 e. The molecule has 0 bridgehead atoms. The first-order chi connectivity index (χ1) is 10.1. The van der Waals surface area contributed by atoms with Gasteiger partial charge in [0.25, 0.3) is 0 Å². The first-order valence-electron chi connectivity index (χ1n) is 6.57. The van der Waals surface area contributed by atoms with Crippen LogP contribution >= 0.6 is 11.3 Å². The van der Waals surface area contributed by atoms with Gasteiger partial charge < -0.3 is 5.73 Å². The van der Waals surface area contributed by atoms with Gasteiger partial charge in [0.1, 0.15) is 17.0 Å². The van der Waals surface area contributed by atoms with Crippen molar-refractivity contribution < 1.29 is 4.92 Å². The van der Waals surface area contributed by atoms with Crippen LogP contribution in [0.2, 0.25) is 0 Å². The number of aromatic nitrogens is 2. The van der Waals surface area contributed by atoms with Crippen molar-refractivity contribution >= 4 is 27.4 Å². The highest BCUT2D eigenvalue weighted by atomic mass is 32.1. The van der Waals surface area contributed by atoms with E-state index in [-0.39, 0.29) is 10.6 Å². The molecule has 0 fully saturated rings. The Morgan fingerprint density at radius 2 is 2.19 bits per heavy atom. The quantitative estimate of drug-likeness (QED) is 0.694.